The monoisotopic (exact) mass is 441 g/mol. The zero-order valence-electron chi connectivity index (χ0n) is 17.5. The van der Waals surface area contributed by atoms with Gasteiger partial charge in [-0.05, 0) is 43.2 Å². The lowest BCUT2D eigenvalue weighted by Gasteiger charge is -2.23. The van der Waals surface area contributed by atoms with E-state index in [1.54, 1.807) is 24.3 Å². The van der Waals surface area contributed by atoms with Crippen LogP contribution >= 0.6 is 11.6 Å². The first-order valence-electron chi connectivity index (χ1n) is 10.5. The second-order valence-corrected chi connectivity index (χ2v) is 7.94. The lowest BCUT2D eigenvalue weighted by atomic mass is 9.95. The number of carbonyl (C=O) groups is 2. The lowest BCUT2D eigenvalue weighted by Crippen LogP contribution is -2.36. The number of ether oxygens (including phenoxy) is 1. The molecule has 31 heavy (non-hydrogen) atoms. The van der Waals surface area contributed by atoms with Crippen LogP contribution in [0.25, 0.3) is 0 Å². The topological polar surface area (TPSA) is 79.5 Å². The van der Waals surface area contributed by atoms with Crippen molar-refractivity contribution in [1.29, 1.82) is 0 Å². The average Bonchev–Trinajstić information content (AvgIpc) is 2.78. The van der Waals surface area contributed by atoms with Crippen LogP contribution in [-0.2, 0) is 4.79 Å². The maximum absolute atomic E-state index is 12.7. The van der Waals surface area contributed by atoms with Gasteiger partial charge in [-0.15, -0.1) is 0 Å². The van der Waals surface area contributed by atoms with E-state index in [-0.39, 0.29) is 24.4 Å². The maximum atomic E-state index is 12.7. The van der Waals surface area contributed by atoms with Gasteiger partial charge < -0.3 is 20.7 Å². The van der Waals surface area contributed by atoms with Gasteiger partial charge in [0.15, 0.2) is 0 Å². The molecule has 1 fully saturated rings. The van der Waals surface area contributed by atoms with Crippen molar-refractivity contribution < 1.29 is 14.3 Å². The number of halogens is 1. The molecule has 0 saturated heterocycles. The molecule has 2 amide bonds. The van der Waals surface area contributed by atoms with Gasteiger partial charge in [-0.3, -0.25) is 9.59 Å². The number of amides is 2. The van der Waals surface area contributed by atoms with E-state index < -0.39 is 0 Å². The Bertz CT molecular complexity index is 926. The number of benzene rings is 2. The molecule has 2 aromatic carbocycles. The van der Waals surface area contributed by atoms with Crippen molar-refractivity contribution in [2.45, 2.75) is 38.1 Å². The molecule has 1 saturated carbocycles. The fourth-order valence-corrected chi connectivity index (χ4v) is 3.73. The van der Waals surface area contributed by atoms with Crippen LogP contribution in [0.4, 0.5) is 11.4 Å². The molecule has 3 N–H and O–H groups in total. The predicted octanol–water partition coefficient (Wildman–Crippen LogP) is 5.02. The Morgan fingerprint density at radius 3 is 2.68 bits per heavy atom. The highest BCUT2D eigenvalue weighted by molar-refractivity contribution is 6.34. The Labute approximate surface area is 188 Å². The Kier molecular flexibility index (Phi) is 8.35. The summed E-state index contributed by atoms with van der Waals surface area (Å²) in [4.78, 5) is 25.0. The molecule has 0 atom stereocenters. The summed E-state index contributed by atoms with van der Waals surface area (Å²) in [5, 5.41) is 9.28. The van der Waals surface area contributed by atoms with Crippen LogP contribution < -0.4 is 20.7 Å². The molecule has 0 bridgehead atoms. The number of hydrogen-bond acceptors (Lipinski definition) is 4. The van der Waals surface area contributed by atoms with Crippen LogP contribution in [0.5, 0.6) is 5.75 Å². The van der Waals surface area contributed by atoms with E-state index in [1.807, 2.05) is 24.3 Å². The van der Waals surface area contributed by atoms with E-state index in [0.717, 1.165) is 31.4 Å². The third-order valence-electron chi connectivity index (χ3n) is 5.09. The van der Waals surface area contributed by atoms with Crippen molar-refractivity contribution in [3.05, 3.63) is 65.7 Å². The first kappa shape index (κ1) is 22.7. The summed E-state index contributed by atoms with van der Waals surface area (Å²) in [5.74, 6) is 0.248. The highest BCUT2D eigenvalue weighted by Crippen LogP contribution is 2.23. The van der Waals surface area contributed by atoms with Gasteiger partial charge in [-0.1, -0.05) is 49.6 Å². The molecular weight excluding hydrogens is 414 g/mol. The van der Waals surface area contributed by atoms with Gasteiger partial charge in [0.1, 0.15) is 12.4 Å². The zero-order chi connectivity index (χ0) is 22.1. The molecule has 1 aliphatic rings. The summed E-state index contributed by atoms with van der Waals surface area (Å²) in [6.07, 6.45) is 7.13. The third kappa shape index (κ3) is 7.03. The van der Waals surface area contributed by atoms with Gasteiger partial charge in [0.05, 0.1) is 17.1 Å². The van der Waals surface area contributed by atoms with Crippen molar-refractivity contribution in [1.82, 2.24) is 5.32 Å². The third-order valence-corrected chi connectivity index (χ3v) is 5.42. The molecule has 0 unspecified atom stereocenters. The van der Waals surface area contributed by atoms with E-state index in [1.165, 1.54) is 6.42 Å². The quantitative estimate of drug-likeness (QED) is 0.477. The van der Waals surface area contributed by atoms with E-state index >= 15 is 0 Å². The number of hydrogen-bond donors (Lipinski definition) is 3. The van der Waals surface area contributed by atoms with Crippen molar-refractivity contribution >= 4 is 34.8 Å². The molecule has 1 aliphatic carbocycles. The average molecular weight is 442 g/mol. The minimum Gasteiger partial charge on any atom is -0.489 e. The van der Waals surface area contributed by atoms with Crippen molar-refractivity contribution in [2.75, 3.05) is 23.8 Å². The number of anilines is 2. The molecule has 0 spiro atoms. The van der Waals surface area contributed by atoms with Crippen LogP contribution in [0.1, 0.15) is 42.5 Å². The molecule has 0 heterocycles. The maximum Gasteiger partial charge on any atom is 0.253 e. The number of carbonyl (C=O) groups excluding carboxylic acids is 2. The second-order valence-electron chi connectivity index (χ2n) is 7.53. The summed E-state index contributed by atoms with van der Waals surface area (Å²) in [6.45, 7) is 4.10. The van der Waals surface area contributed by atoms with Gasteiger partial charge in [-0.25, -0.2) is 0 Å². The van der Waals surface area contributed by atoms with Gasteiger partial charge in [0.25, 0.3) is 5.91 Å². The zero-order valence-corrected chi connectivity index (χ0v) is 18.2. The first-order valence-corrected chi connectivity index (χ1v) is 10.9. The standard InChI is InChI=1S/C24H28ClN3O3/c1-2-13-31-20-10-6-9-18(14-20)26-16-23(29)27-19-11-12-22(25)21(15-19)24(30)28-17-7-4-3-5-8-17/h2,6,9-12,14-15,17,26H,1,3-5,7-8,13,16H2,(H,27,29)(H,28,30). The van der Waals surface area contributed by atoms with E-state index in [2.05, 4.69) is 22.5 Å². The molecule has 7 heteroatoms. The van der Waals surface area contributed by atoms with Crippen LogP contribution in [0.15, 0.2) is 55.1 Å². The number of nitrogens with one attached hydrogen (secondary N) is 3. The van der Waals surface area contributed by atoms with Gasteiger partial charge in [-0.2, -0.15) is 0 Å². The summed E-state index contributed by atoms with van der Waals surface area (Å²) in [5.41, 5.74) is 1.65. The van der Waals surface area contributed by atoms with Crippen molar-refractivity contribution in [3.8, 4) is 5.75 Å². The Morgan fingerprint density at radius 1 is 1.10 bits per heavy atom. The molecular formula is C24H28ClN3O3. The highest BCUT2D eigenvalue weighted by Gasteiger charge is 2.19. The SMILES string of the molecule is C=CCOc1cccc(NCC(=O)Nc2ccc(Cl)c(C(=O)NC3CCCCC3)c2)c1. The van der Waals surface area contributed by atoms with E-state index in [0.29, 0.717) is 28.6 Å². The summed E-state index contributed by atoms with van der Waals surface area (Å²) < 4.78 is 5.49. The minimum absolute atomic E-state index is 0.0666. The molecule has 6 nitrogen and oxygen atoms in total. The van der Waals surface area contributed by atoms with Gasteiger partial charge >= 0.3 is 0 Å². The van der Waals surface area contributed by atoms with Crippen LogP contribution in [0, 0.1) is 0 Å². The minimum atomic E-state index is -0.238. The molecule has 2 aromatic rings. The highest BCUT2D eigenvalue weighted by atomic mass is 35.5. The van der Waals surface area contributed by atoms with E-state index in [9.17, 15) is 9.59 Å². The van der Waals surface area contributed by atoms with Crippen LogP contribution in [-0.4, -0.2) is 31.0 Å². The Balaban J connectivity index is 1.55. The number of rotatable bonds is 9. The second kappa shape index (κ2) is 11.4. The van der Waals surface area contributed by atoms with Gasteiger partial charge in [0, 0.05) is 23.5 Å². The summed E-state index contributed by atoms with van der Waals surface area (Å²) >= 11 is 6.23. The smallest absolute Gasteiger partial charge is 0.253 e. The molecule has 0 aliphatic heterocycles. The van der Waals surface area contributed by atoms with Gasteiger partial charge in [0.2, 0.25) is 5.91 Å². The molecule has 164 valence electrons. The van der Waals surface area contributed by atoms with Crippen molar-refractivity contribution in [3.63, 3.8) is 0 Å². The largest absolute Gasteiger partial charge is 0.489 e. The Hall–Kier alpha value is -2.99. The van der Waals surface area contributed by atoms with Crippen molar-refractivity contribution in [2.24, 2.45) is 0 Å². The Morgan fingerprint density at radius 2 is 1.90 bits per heavy atom. The van der Waals surface area contributed by atoms with Crippen LogP contribution in [0.3, 0.4) is 0 Å². The lowest BCUT2D eigenvalue weighted by molar-refractivity contribution is -0.114. The normalized spacial score (nSPS) is 13.8. The summed E-state index contributed by atoms with van der Waals surface area (Å²) in [6, 6.07) is 12.4. The molecule has 0 aromatic heterocycles. The fourth-order valence-electron chi connectivity index (χ4n) is 3.53. The molecule has 3 rings (SSSR count). The molecule has 0 radical (unpaired) electrons. The van der Waals surface area contributed by atoms with Crippen LogP contribution in [0.2, 0.25) is 5.02 Å². The van der Waals surface area contributed by atoms with E-state index in [4.69, 9.17) is 16.3 Å². The predicted molar refractivity (Wildman–Crippen MR) is 125 cm³/mol. The summed E-state index contributed by atoms with van der Waals surface area (Å²) in [7, 11) is 0. The first-order chi connectivity index (χ1) is 15.0. The fraction of sp³-hybridized carbons (Fsp3) is 0.333.